The summed E-state index contributed by atoms with van der Waals surface area (Å²) in [6.07, 6.45) is -3.42. The zero-order valence-electron chi connectivity index (χ0n) is 18.2. The van der Waals surface area contributed by atoms with E-state index in [0.717, 1.165) is 6.07 Å². The molecule has 1 aliphatic rings. The number of anilines is 1. The number of hydrogen-bond donors (Lipinski definition) is 0. The van der Waals surface area contributed by atoms with E-state index in [4.69, 9.17) is 0 Å². The Hall–Kier alpha value is -2.98. The number of rotatable bonds is 5. The second-order valence-corrected chi connectivity index (χ2v) is 8.70. The van der Waals surface area contributed by atoms with Crippen LogP contribution in [0.5, 0.6) is 0 Å². The Kier molecular flexibility index (Phi) is 6.30. The van der Waals surface area contributed by atoms with Gasteiger partial charge in [-0.25, -0.2) is 4.39 Å². The van der Waals surface area contributed by atoms with Crippen molar-refractivity contribution in [1.82, 2.24) is 15.0 Å². The average molecular weight is 456 g/mol. The molecule has 3 rings (SSSR count). The lowest BCUT2D eigenvalue weighted by atomic mass is 10.0. The molecular weight excluding hydrogens is 432 g/mol. The van der Waals surface area contributed by atoms with Crippen LogP contribution in [-0.2, 0) is 15.8 Å². The molecule has 0 bridgehead atoms. The maximum atomic E-state index is 14.7. The molecule has 174 valence electrons. The lowest BCUT2D eigenvalue weighted by molar-refractivity contribution is -0.159. The van der Waals surface area contributed by atoms with Crippen LogP contribution in [-0.4, -0.2) is 45.5 Å². The number of benzene rings is 1. The van der Waals surface area contributed by atoms with Crippen molar-refractivity contribution < 1.29 is 31.7 Å². The first kappa shape index (κ1) is 23.7. The van der Waals surface area contributed by atoms with Crippen LogP contribution in [0, 0.1) is 5.82 Å². The minimum absolute atomic E-state index is 0.0593. The van der Waals surface area contributed by atoms with Gasteiger partial charge in [0.05, 0.1) is 5.56 Å². The van der Waals surface area contributed by atoms with Gasteiger partial charge in [-0.1, -0.05) is 5.16 Å². The van der Waals surface area contributed by atoms with E-state index >= 15 is 0 Å². The van der Waals surface area contributed by atoms with Gasteiger partial charge in [-0.15, -0.1) is 0 Å². The summed E-state index contributed by atoms with van der Waals surface area (Å²) in [5, 5.41) is 3.19. The number of amides is 2. The lowest BCUT2D eigenvalue weighted by Crippen LogP contribution is -2.43. The highest BCUT2D eigenvalue weighted by molar-refractivity contribution is 5.96. The summed E-state index contributed by atoms with van der Waals surface area (Å²) in [7, 11) is 1.72. The number of carbonyl (C=O) groups is 2. The highest BCUT2D eigenvalue weighted by atomic mass is 19.4. The van der Waals surface area contributed by atoms with Crippen LogP contribution >= 0.6 is 0 Å². The van der Waals surface area contributed by atoms with E-state index in [0.29, 0.717) is 12.8 Å². The van der Waals surface area contributed by atoms with Crippen LogP contribution in [0.15, 0.2) is 22.7 Å². The number of nitrogens with zero attached hydrogens (tertiary/aromatic N) is 4. The molecule has 2 aromatic rings. The van der Waals surface area contributed by atoms with Gasteiger partial charge in [0.2, 0.25) is 17.6 Å². The van der Waals surface area contributed by atoms with Crippen molar-refractivity contribution in [2.45, 2.75) is 64.2 Å². The van der Waals surface area contributed by atoms with E-state index in [2.05, 4.69) is 14.7 Å². The largest absolute Gasteiger partial charge is 0.471 e. The summed E-state index contributed by atoms with van der Waals surface area (Å²) >= 11 is 0. The lowest BCUT2D eigenvalue weighted by Gasteiger charge is -2.33. The van der Waals surface area contributed by atoms with Gasteiger partial charge in [-0.3, -0.25) is 9.59 Å². The molecule has 7 nitrogen and oxygen atoms in total. The summed E-state index contributed by atoms with van der Waals surface area (Å²) in [4.78, 5) is 31.2. The molecule has 1 aromatic carbocycles. The summed E-state index contributed by atoms with van der Waals surface area (Å²) in [5.41, 5.74) is -0.351. The van der Waals surface area contributed by atoms with Gasteiger partial charge >= 0.3 is 12.1 Å². The van der Waals surface area contributed by atoms with Crippen molar-refractivity contribution >= 4 is 17.5 Å². The molecule has 1 atom stereocenters. The average Bonchev–Trinajstić information content (AvgIpc) is 3.31. The number of hydrogen-bond acceptors (Lipinski definition) is 5. The maximum absolute atomic E-state index is 14.7. The van der Waals surface area contributed by atoms with Crippen molar-refractivity contribution in [1.29, 1.82) is 0 Å². The molecule has 2 amide bonds. The van der Waals surface area contributed by atoms with E-state index < -0.39 is 23.7 Å². The molecule has 0 unspecified atom stereocenters. The molecule has 0 saturated carbocycles. The Balaban J connectivity index is 1.77. The predicted octanol–water partition coefficient (Wildman–Crippen LogP) is 4.43. The summed E-state index contributed by atoms with van der Waals surface area (Å²) < 4.78 is 56.8. The molecule has 11 heteroatoms. The topological polar surface area (TPSA) is 79.5 Å². The van der Waals surface area contributed by atoms with Crippen LogP contribution in [0.2, 0.25) is 0 Å². The molecule has 2 heterocycles. The summed E-state index contributed by atoms with van der Waals surface area (Å²) in [6, 6.07) is 3.39. The second-order valence-electron chi connectivity index (χ2n) is 8.70. The zero-order valence-corrected chi connectivity index (χ0v) is 18.2. The molecule has 1 saturated heterocycles. The molecule has 1 fully saturated rings. The van der Waals surface area contributed by atoms with Crippen molar-refractivity contribution in [3.05, 3.63) is 29.9 Å². The van der Waals surface area contributed by atoms with Gasteiger partial charge in [0.15, 0.2) is 0 Å². The third kappa shape index (κ3) is 4.91. The predicted molar refractivity (Wildman–Crippen MR) is 107 cm³/mol. The van der Waals surface area contributed by atoms with Crippen LogP contribution in [0.4, 0.5) is 23.2 Å². The Morgan fingerprint density at radius 2 is 1.97 bits per heavy atom. The van der Waals surface area contributed by atoms with E-state index in [-0.39, 0.29) is 47.5 Å². The maximum Gasteiger partial charge on any atom is 0.471 e. The number of alkyl halides is 3. The van der Waals surface area contributed by atoms with E-state index in [1.165, 1.54) is 17.0 Å². The van der Waals surface area contributed by atoms with Crippen LogP contribution < -0.4 is 4.90 Å². The molecule has 1 aromatic heterocycles. The van der Waals surface area contributed by atoms with Crippen LogP contribution in [0.1, 0.15) is 52.3 Å². The highest BCUT2D eigenvalue weighted by Gasteiger charge is 2.39. The fourth-order valence-corrected chi connectivity index (χ4v) is 3.49. The van der Waals surface area contributed by atoms with Crippen molar-refractivity contribution in [3.63, 3.8) is 0 Å². The van der Waals surface area contributed by atoms with Gasteiger partial charge in [-0.05, 0) is 51.8 Å². The smallest absolute Gasteiger partial charge is 0.341 e. The van der Waals surface area contributed by atoms with Crippen molar-refractivity contribution in [3.8, 4) is 11.4 Å². The molecule has 1 aliphatic heterocycles. The molecular formula is C21H24F4N4O3. The number of carbonyl (C=O) groups excluding carboxylic acids is 2. The standard InChI is InChI=1S/C21H24F4N4O3/c1-20(2,3)28(4)16(30)9-6-12-7-10-17(31)29(12)13-5-8-14(15(22)11-13)18-26-19(32-27-18)21(23,24)25/h5,8,11-12H,6-7,9-10H2,1-4H3/t12-/m1/s1. The molecule has 0 N–H and O–H groups in total. The van der Waals surface area contributed by atoms with Gasteiger partial charge in [0.1, 0.15) is 5.82 Å². The van der Waals surface area contributed by atoms with E-state index in [1.807, 2.05) is 20.8 Å². The first-order valence-electron chi connectivity index (χ1n) is 10.1. The van der Waals surface area contributed by atoms with Gasteiger partial charge < -0.3 is 14.3 Å². The van der Waals surface area contributed by atoms with Crippen LogP contribution in [0.3, 0.4) is 0 Å². The SMILES string of the molecule is CN(C(=O)CC[C@@H]1CCC(=O)N1c1ccc(-c2noc(C(F)(F)F)n2)c(F)c1)C(C)(C)C. The fraction of sp³-hybridized carbons (Fsp3) is 0.524. The Morgan fingerprint density at radius 3 is 2.53 bits per heavy atom. The van der Waals surface area contributed by atoms with Gasteiger partial charge in [0, 0.05) is 37.2 Å². The monoisotopic (exact) mass is 456 g/mol. The van der Waals surface area contributed by atoms with Crippen molar-refractivity contribution in [2.24, 2.45) is 0 Å². The first-order chi connectivity index (χ1) is 14.8. The Morgan fingerprint density at radius 1 is 1.28 bits per heavy atom. The van der Waals surface area contributed by atoms with Gasteiger partial charge in [-0.2, -0.15) is 18.2 Å². The van der Waals surface area contributed by atoms with Gasteiger partial charge in [0.25, 0.3) is 0 Å². The molecule has 0 radical (unpaired) electrons. The minimum Gasteiger partial charge on any atom is -0.341 e. The Bertz CT molecular complexity index is 1010. The summed E-state index contributed by atoms with van der Waals surface area (Å²) in [5.74, 6) is -3.27. The zero-order chi connectivity index (χ0) is 23.8. The third-order valence-corrected chi connectivity index (χ3v) is 5.54. The normalized spacial score (nSPS) is 17.2. The van der Waals surface area contributed by atoms with E-state index in [9.17, 15) is 27.2 Å². The third-order valence-electron chi connectivity index (χ3n) is 5.54. The molecule has 32 heavy (non-hydrogen) atoms. The quantitative estimate of drug-likeness (QED) is 0.622. The Labute approximate surface area is 182 Å². The molecule has 0 aliphatic carbocycles. The number of aromatic nitrogens is 2. The number of halogens is 4. The fourth-order valence-electron chi connectivity index (χ4n) is 3.49. The first-order valence-corrected chi connectivity index (χ1v) is 10.1. The highest BCUT2D eigenvalue weighted by Crippen LogP contribution is 2.34. The van der Waals surface area contributed by atoms with Crippen LogP contribution in [0.25, 0.3) is 11.4 Å². The summed E-state index contributed by atoms with van der Waals surface area (Å²) in [6.45, 7) is 5.76. The van der Waals surface area contributed by atoms with Crippen molar-refractivity contribution in [2.75, 3.05) is 11.9 Å². The van der Waals surface area contributed by atoms with E-state index in [1.54, 1.807) is 11.9 Å². The second kappa shape index (κ2) is 8.51. The molecule has 0 spiro atoms. The minimum atomic E-state index is -4.84.